The third-order valence-corrected chi connectivity index (χ3v) is 4.12. The van der Waals surface area contributed by atoms with Gasteiger partial charge in [0.05, 0.1) is 12.1 Å². The van der Waals surface area contributed by atoms with Crippen molar-refractivity contribution in [2.24, 2.45) is 5.41 Å². The first-order chi connectivity index (χ1) is 7.49. The first kappa shape index (κ1) is 11.5. The van der Waals surface area contributed by atoms with E-state index in [0.29, 0.717) is 0 Å². The van der Waals surface area contributed by atoms with Gasteiger partial charge in [-0.1, -0.05) is 24.6 Å². The van der Waals surface area contributed by atoms with E-state index in [1.54, 1.807) is 0 Å². The predicted molar refractivity (Wildman–Crippen MR) is 67.6 cm³/mol. The van der Waals surface area contributed by atoms with Crippen molar-refractivity contribution in [1.82, 2.24) is 0 Å². The van der Waals surface area contributed by atoms with E-state index in [2.05, 4.69) is 50.4 Å². The molecule has 1 aliphatic carbocycles. The summed E-state index contributed by atoms with van der Waals surface area (Å²) in [5, 5.41) is 13.1. The summed E-state index contributed by atoms with van der Waals surface area (Å²) in [5.74, 6) is 0. The van der Waals surface area contributed by atoms with Crippen molar-refractivity contribution in [3.8, 4) is 0 Å². The van der Waals surface area contributed by atoms with Crippen LogP contribution < -0.4 is 5.32 Å². The molecule has 2 rings (SSSR count). The fraction of sp³-hybridized carbons (Fsp3) is 0.571. The minimum absolute atomic E-state index is 0.178. The van der Waals surface area contributed by atoms with Crippen molar-refractivity contribution in [2.75, 3.05) is 11.9 Å². The monoisotopic (exact) mass is 219 g/mol. The summed E-state index contributed by atoms with van der Waals surface area (Å²) in [5.41, 5.74) is 2.39. The van der Waals surface area contributed by atoms with Gasteiger partial charge in [0.15, 0.2) is 0 Å². The first-order valence-electron chi connectivity index (χ1n) is 5.95. The van der Waals surface area contributed by atoms with Gasteiger partial charge in [-0.05, 0) is 44.2 Å². The molecule has 0 bridgehead atoms. The van der Waals surface area contributed by atoms with Crippen LogP contribution in [0.5, 0.6) is 0 Å². The van der Waals surface area contributed by atoms with Crippen LogP contribution in [0.25, 0.3) is 0 Å². The van der Waals surface area contributed by atoms with Gasteiger partial charge in [0.1, 0.15) is 0 Å². The molecule has 1 atom stereocenters. The molecule has 0 aromatic heterocycles. The van der Waals surface area contributed by atoms with E-state index in [1.165, 1.54) is 18.4 Å². The molecule has 0 radical (unpaired) electrons. The third kappa shape index (κ3) is 1.94. The fourth-order valence-corrected chi connectivity index (χ4v) is 2.08. The largest absolute Gasteiger partial charge is 0.394 e. The highest BCUT2D eigenvalue weighted by Crippen LogP contribution is 2.54. The number of nitrogens with one attached hydrogen (secondary N) is 1. The highest BCUT2D eigenvalue weighted by atomic mass is 16.3. The first-order valence-corrected chi connectivity index (χ1v) is 5.95. The maximum atomic E-state index is 9.61. The second-order valence-electron chi connectivity index (χ2n) is 5.54. The molecule has 1 aromatic carbocycles. The second-order valence-corrected chi connectivity index (χ2v) is 5.54. The van der Waals surface area contributed by atoms with E-state index >= 15 is 0 Å². The molecule has 1 aliphatic rings. The number of hydrogen-bond acceptors (Lipinski definition) is 2. The van der Waals surface area contributed by atoms with Crippen molar-refractivity contribution >= 4 is 5.69 Å². The molecule has 0 heterocycles. The summed E-state index contributed by atoms with van der Waals surface area (Å²) in [6.45, 7) is 6.61. The van der Waals surface area contributed by atoms with Crippen LogP contribution >= 0.6 is 0 Å². The minimum Gasteiger partial charge on any atom is -0.394 e. The van der Waals surface area contributed by atoms with E-state index in [1.807, 2.05) is 0 Å². The number of hydrogen-bond donors (Lipinski definition) is 2. The molecule has 0 amide bonds. The van der Waals surface area contributed by atoms with Crippen LogP contribution in [0.1, 0.15) is 32.3 Å². The zero-order valence-electron chi connectivity index (χ0n) is 10.4. The SMILES string of the molecule is Cc1ccc(NC(C)(CO)C2(C)CC2)cc1. The van der Waals surface area contributed by atoms with Gasteiger partial charge in [-0.2, -0.15) is 0 Å². The molecule has 1 fully saturated rings. The maximum absolute atomic E-state index is 9.61. The number of rotatable bonds is 4. The lowest BCUT2D eigenvalue weighted by molar-refractivity contribution is 0.167. The smallest absolute Gasteiger partial charge is 0.0664 e. The van der Waals surface area contributed by atoms with Crippen molar-refractivity contribution in [2.45, 2.75) is 39.2 Å². The van der Waals surface area contributed by atoms with Crippen molar-refractivity contribution < 1.29 is 5.11 Å². The van der Waals surface area contributed by atoms with Gasteiger partial charge < -0.3 is 10.4 Å². The van der Waals surface area contributed by atoms with Gasteiger partial charge in [0, 0.05) is 5.69 Å². The van der Waals surface area contributed by atoms with Crippen LogP contribution in [0.4, 0.5) is 5.69 Å². The Labute approximate surface area is 97.7 Å². The predicted octanol–water partition coefficient (Wildman–Crippen LogP) is 2.96. The van der Waals surface area contributed by atoms with Crippen LogP contribution in [0.2, 0.25) is 0 Å². The molecular weight excluding hydrogens is 198 g/mol. The molecule has 2 heteroatoms. The number of aliphatic hydroxyl groups is 1. The number of benzene rings is 1. The Morgan fingerprint density at radius 2 is 1.88 bits per heavy atom. The van der Waals surface area contributed by atoms with E-state index < -0.39 is 0 Å². The fourth-order valence-electron chi connectivity index (χ4n) is 2.08. The molecule has 0 saturated heterocycles. The quantitative estimate of drug-likeness (QED) is 0.816. The Kier molecular flexibility index (Phi) is 2.70. The summed E-state index contributed by atoms with van der Waals surface area (Å²) in [7, 11) is 0. The van der Waals surface area contributed by atoms with Crippen LogP contribution in [-0.4, -0.2) is 17.3 Å². The average molecular weight is 219 g/mol. The number of aryl methyl sites for hydroxylation is 1. The maximum Gasteiger partial charge on any atom is 0.0664 e. The summed E-state index contributed by atoms with van der Waals surface area (Å²) in [6, 6.07) is 8.34. The molecule has 0 spiro atoms. The number of aliphatic hydroxyl groups excluding tert-OH is 1. The van der Waals surface area contributed by atoms with E-state index in [4.69, 9.17) is 0 Å². The van der Waals surface area contributed by atoms with Gasteiger partial charge in [0.2, 0.25) is 0 Å². The second kappa shape index (κ2) is 3.77. The van der Waals surface area contributed by atoms with Crippen LogP contribution in [0, 0.1) is 12.3 Å². The van der Waals surface area contributed by atoms with Crippen molar-refractivity contribution in [3.05, 3.63) is 29.8 Å². The van der Waals surface area contributed by atoms with Gasteiger partial charge in [0.25, 0.3) is 0 Å². The zero-order valence-corrected chi connectivity index (χ0v) is 10.4. The average Bonchev–Trinajstić information content (AvgIpc) is 3.01. The molecule has 88 valence electrons. The molecule has 2 N–H and O–H groups in total. The van der Waals surface area contributed by atoms with Crippen molar-refractivity contribution in [1.29, 1.82) is 0 Å². The van der Waals surface area contributed by atoms with E-state index in [-0.39, 0.29) is 17.6 Å². The standard InChI is InChI=1S/C14H21NO/c1-11-4-6-12(7-5-11)15-14(3,10-16)13(2)8-9-13/h4-7,15-16H,8-10H2,1-3H3. The zero-order chi connectivity index (χ0) is 11.8. The van der Waals surface area contributed by atoms with Crippen LogP contribution in [0.3, 0.4) is 0 Å². The Morgan fingerprint density at radius 1 is 1.31 bits per heavy atom. The summed E-state index contributed by atoms with van der Waals surface area (Å²) < 4.78 is 0. The molecule has 2 nitrogen and oxygen atoms in total. The van der Waals surface area contributed by atoms with Crippen LogP contribution in [0.15, 0.2) is 24.3 Å². The van der Waals surface area contributed by atoms with Gasteiger partial charge >= 0.3 is 0 Å². The minimum atomic E-state index is -0.206. The van der Waals surface area contributed by atoms with Gasteiger partial charge in [-0.25, -0.2) is 0 Å². The molecular formula is C14H21NO. The Balaban J connectivity index is 2.15. The number of anilines is 1. The molecule has 16 heavy (non-hydrogen) atoms. The molecule has 1 unspecified atom stereocenters. The normalized spacial score (nSPS) is 21.2. The molecule has 1 aromatic rings. The molecule has 0 aliphatic heterocycles. The topological polar surface area (TPSA) is 32.3 Å². The van der Waals surface area contributed by atoms with Crippen LogP contribution in [-0.2, 0) is 0 Å². The van der Waals surface area contributed by atoms with Crippen molar-refractivity contribution in [3.63, 3.8) is 0 Å². The van der Waals surface area contributed by atoms with Gasteiger partial charge in [-0.3, -0.25) is 0 Å². The Morgan fingerprint density at radius 3 is 2.31 bits per heavy atom. The van der Waals surface area contributed by atoms with E-state index in [9.17, 15) is 5.11 Å². The lowest BCUT2D eigenvalue weighted by Gasteiger charge is -2.36. The lowest BCUT2D eigenvalue weighted by Crippen LogP contribution is -2.46. The summed E-state index contributed by atoms with van der Waals surface area (Å²) in [6.07, 6.45) is 2.39. The summed E-state index contributed by atoms with van der Waals surface area (Å²) >= 11 is 0. The molecule has 1 saturated carbocycles. The third-order valence-electron chi connectivity index (χ3n) is 4.12. The van der Waals surface area contributed by atoms with E-state index in [0.717, 1.165) is 5.69 Å². The highest BCUT2D eigenvalue weighted by molar-refractivity contribution is 5.47. The Bertz CT molecular complexity index is 367. The lowest BCUT2D eigenvalue weighted by atomic mass is 9.84. The van der Waals surface area contributed by atoms with Gasteiger partial charge in [-0.15, -0.1) is 0 Å². The Hall–Kier alpha value is -1.02. The summed E-state index contributed by atoms with van der Waals surface area (Å²) in [4.78, 5) is 0. The highest BCUT2D eigenvalue weighted by Gasteiger charge is 2.52.